The standard InChI is InChI=1S/C11H23NO2/c1-8(2)10(4)12(5)7-9(3)11(13)14-6/h8-10H,7H2,1-6H3. The third-order valence-electron chi connectivity index (χ3n) is 2.83. The first-order chi connectivity index (χ1) is 6.40. The number of ether oxygens (including phenoxy) is 1. The third-order valence-corrected chi connectivity index (χ3v) is 2.83. The Hall–Kier alpha value is -0.570. The van der Waals surface area contributed by atoms with Crippen LogP contribution in [-0.2, 0) is 9.53 Å². The molecule has 0 N–H and O–H groups in total. The maximum atomic E-state index is 11.2. The number of nitrogens with zero attached hydrogens (tertiary/aromatic N) is 1. The van der Waals surface area contributed by atoms with Crippen LogP contribution in [0.15, 0.2) is 0 Å². The van der Waals surface area contributed by atoms with E-state index in [1.165, 1.54) is 7.11 Å². The monoisotopic (exact) mass is 201 g/mol. The Balaban J connectivity index is 4.05. The molecule has 0 aliphatic carbocycles. The summed E-state index contributed by atoms with van der Waals surface area (Å²) in [6.07, 6.45) is 0. The zero-order valence-corrected chi connectivity index (χ0v) is 10.2. The second-order valence-corrected chi connectivity index (χ2v) is 4.35. The predicted molar refractivity (Wildman–Crippen MR) is 58.1 cm³/mol. The summed E-state index contributed by atoms with van der Waals surface area (Å²) in [7, 11) is 3.48. The Kier molecular flexibility index (Phi) is 5.77. The summed E-state index contributed by atoms with van der Waals surface area (Å²) in [5.74, 6) is 0.420. The summed E-state index contributed by atoms with van der Waals surface area (Å²) >= 11 is 0. The zero-order chi connectivity index (χ0) is 11.3. The third kappa shape index (κ3) is 4.09. The molecule has 0 radical (unpaired) electrons. The summed E-state index contributed by atoms with van der Waals surface area (Å²) in [6, 6.07) is 0.488. The van der Waals surface area contributed by atoms with Gasteiger partial charge >= 0.3 is 5.97 Å². The zero-order valence-electron chi connectivity index (χ0n) is 10.2. The first-order valence-corrected chi connectivity index (χ1v) is 5.18. The molecular formula is C11H23NO2. The number of carbonyl (C=O) groups excluding carboxylic acids is 1. The average molecular weight is 201 g/mol. The van der Waals surface area contributed by atoms with Gasteiger partial charge in [-0.3, -0.25) is 4.79 Å². The second kappa shape index (κ2) is 6.02. The lowest BCUT2D eigenvalue weighted by molar-refractivity contribution is -0.145. The van der Waals surface area contributed by atoms with Gasteiger partial charge in [0.05, 0.1) is 13.0 Å². The molecule has 0 spiro atoms. The van der Waals surface area contributed by atoms with Crippen LogP contribution >= 0.6 is 0 Å². The van der Waals surface area contributed by atoms with Gasteiger partial charge in [0, 0.05) is 12.6 Å². The topological polar surface area (TPSA) is 29.5 Å². The van der Waals surface area contributed by atoms with Gasteiger partial charge < -0.3 is 9.64 Å². The van der Waals surface area contributed by atoms with E-state index >= 15 is 0 Å². The largest absolute Gasteiger partial charge is 0.469 e. The smallest absolute Gasteiger partial charge is 0.309 e. The van der Waals surface area contributed by atoms with E-state index in [1.807, 2.05) is 14.0 Å². The molecule has 3 nitrogen and oxygen atoms in total. The molecular weight excluding hydrogens is 178 g/mol. The van der Waals surface area contributed by atoms with E-state index in [9.17, 15) is 4.79 Å². The van der Waals surface area contributed by atoms with Crippen LogP contribution in [0.4, 0.5) is 0 Å². The van der Waals surface area contributed by atoms with Crippen LogP contribution in [0.5, 0.6) is 0 Å². The van der Waals surface area contributed by atoms with Gasteiger partial charge in [-0.15, -0.1) is 0 Å². The summed E-state index contributed by atoms with van der Waals surface area (Å²) in [4.78, 5) is 13.4. The fourth-order valence-electron chi connectivity index (χ4n) is 1.38. The van der Waals surface area contributed by atoms with Gasteiger partial charge in [0.25, 0.3) is 0 Å². The molecule has 0 saturated carbocycles. The van der Waals surface area contributed by atoms with E-state index in [0.29, 0.717) is 12.0 Å². The molecule has 0 aliphatic rings. The lowest BCUT2D eigenvalue weighted by atomic mass is 10.0. The Morgan fingerprint density at radius 1 is 1.29 bits per heavy atom. The highest BCUT2D eigenvalue weighted by molar-refractivity contribution is 5.72. The summed E-state index contributed by atoms with van der Waals surface area (Å²) in [5.41, 5.74) is 0. The van der Waals surface area contributed by atoms with Gasteiger partial charge in [0.2, 0.25) is 0 Å². The molecule has 0 amide bonds. The van der Waals surface area contributed by atoms with Crippen LogP contribution in [0.3, 0.4) is 0 Å². The highest BCUT2D eigenvalue weighted by Crippen LogP contribution is 2.10. The van der Waals surface area contributed by atoms with Crippen molar-refractivity contribution < 1.29 is 9.53 Å². The number of carbonyl (C=O) groups is 1. The molecule has 84 valence electrons. The summed E-state index contributed by atoms with van der Waals surface area (Å²) in [5, 5.41) is 0. The van der Waals surface area contributed by atoms with Crippen molar-refractivity contribution in [1.29, 1.82) is 0 Å². The van der Waals surface area contributed by atoms with E-state index in [1.54, 1.807) is 0 Å². The summed E-state index contributed by atoms with van der Waals surface area (Å²) in [6.45, 7) is 9.20. The quantitative estimate of drug-likeness (QED) is 0.635. The highest BCUT2D eigenvalue weighted by Gasteiger charge is 2.19. The fraction of sp³-hybridized carbons (Fsp3) is 0.909. The minimum Gasteiger partial charge on any atom is -0.469 e. The Bertz CT molecular complexity index is 180. The van der Waals surface area contributed by atoms with Crippen molar-refractivity contribution >= 4 is 5.97 Å². The Morgan fingerprint density at radius 2 is 1.79 bits per heavy atom. The molecule has 14 heavy (non-hydrogen) atoms. The second-order valence-electron chi connectivity index (χ2n) is 4.35. The summed E-state index contributed by atoms with van der Waals surface area (Å²) < 4.78 is 4.69. The molecule has 0 aromatic carbocycles. The molecule has 0 rings (SSSR count). The fourth-order valence-corrected chi connectivity index (χ4v) is 1.38. The van der Waals surface area contributed by atoms with Gasteiger partial charge in [-0.05, 0) is 19.9 Å². The number of rotatable bonds is 5. The van der Waals surface area contributed by atoms with Crippen LogP contribution in [0, 0.1) is 11.8 Å². The predicted octanol–water partition coefficient (Wildman–Crippen LogP) is 1.77. The first-order valence-electron chi connectivity index (χ1n) is 5.18. The van der Waals surface area contributed by atoms with Gasteiger partial charge in [-0.2, -0.15) is 0 Å². The first kappa shape index (κ1) is 13.4. The van der Waals surface area contributed by atoms with Crippen molar-refractivity contribution in [2.45, 2.75) is 33.7 Å². The van der Waals surface area contributed by atoms with Crippen molar-refractivity contribution in [3.05, 3.63) is 0 Å². The molecule has 3 heteroatoms. The van der Waals surface area contributed by atoms with Crippen molar-refractivity contribution in [2.75, 3.05) is 20.7 Å². The normalized spacial score (nSPS) is 15.7. The lowest BCUT2D eigenvalue weighted by Gasteiger charge is -2.29. The SMILES string of the molecule is COC(=O)C(C)CN(C)C(C)C(C)C. The molecule has 2 atom stereocenters. The molecule has 0 aliphatic heterocycles. The maximum Gasteiger partial charge on any atom is 0.309 e. The van der Waals surface area contributed by atoms with Gasteiger partial charge in [0.15, 0.2) is 0 Å². The van der Waals surface area contributed by atoms with Crippen molar-refractivity contribution in [3.8, 4) is 0 Å². The number of methoxy groups -OCH3 is 1. The van der Waals surface area contributed by atoms with Crippen LogP contribution in [-0.4, -0.2) is 37.6 Å². The minimum atomic E-state index is -0.132. The highest BCUT2D eigenvalue weighted by atomic mass is 16.5. The number of hydrogen-bond donors (Lipinski definition) is 0. The van der Waals surface area contributed by atoms with Gasteiger partial charge in [-0.25, -0.2) is 0 Å². The van der Waals surface area contributed by atoms with E-state index in [2.05, 4.69) is 30.4 Å². The van der Waals surface area contributed by atoms with Crippen LogP contribution in [0.25, 0.3) is 0 Å². The van der Waals surface area contributed by atoms with Gasteiger partial charge in [0.1, 0.15) is 0 Å². The van der Waals surface area contributed by atoms with E-state index < -0.39 is 0 Å². The molecule has 0 aromatic heterocycles. The minimum absolute atomic E-state index is 0.0498. The van der Waals surface area contributed by atoms with Crippen LogP contribution < -0.4 is 0 Å². The Morgan fingerprint density at radius 3 is 2.14 bits per heavy atom. The Labute approximate surface area is 87.4 Å². The van der Waals surface area contributed by atoms with Crippen molar-refractivity contribution in [2.24, 2.45) is 11.8 Å². The molecule has 0 saturated heterocycles. The van der Waals surface area contributed by atoms with E-state index in [4.69, 9.17) is 0 Å². The van der Waals surface area contributed by atoms with Gasteiger partial charge in [-0.1, -0.05) is 20.8 Å². The molecule has 0 heterocycles. The number of hydrogen-bond acceptors (Lipinski definition) is 3. The van der Waals surface area contributed by atoms with Crippen LogP contribution in [0.1, 0.15) is 27.7 Å². The number of esters is 1. The molecule has 0 aromatic rings. The van der Waals surface area contributed by atoms with Crippen molar-refractivity contribution in [3.63, 3.8) is 0 Å². The van der Waals surface area contributed by atoms with Crippen LogP contribution in [0.2, 0.25) is 0 Å². The molecule has 0 bridgehead atoms. The van der Waals surface area contributed by atoms with Crippen molar-refractivity contribution in [1.82, 2.24) is 4.90 Å². The lowest BCUT2D eigenvalue weighted by Crippen LogP contribution is -2.38. The molecule has 2 unspecified atom stereocenters. The average Bonchev–Trinajstić information content (AvgIpc) is 2.14. The molecule has 0 fully saturated rings. The maximum absolute atomic E-state index is 11.2. The van der Waals surface area contributed by atoms with E-state index in [-0.39, 0.29) is 11.9 Å². The van der Waals surface area contributed by atoms with E-state index in [0.717, 1.165) is 6.54 Å².